The van der Waals surface area contributed by atoms with Crippen LogP contribution in [0, 0.1) is 24.0 Å². The van der Waals surface area contributed by atoms with Gasteiger partial charge in [-0.3, -0.25) is 19.6 Å². The van der Waals surface area contributed by atoms with E-state index in [-0.39, 0.29) is 11.5 Å². The Hall–Kier alpha value is -2.02. The monoisotopic (exact) mass is 351 g/mol. The Bertz CT molecular complexity index is 737. The van der Waals surface area contributed by atoms with Gasteiger partial charge in [-0.15, -0.1) is 0 Å². The van der Waals surface area contributed by atoms with Crippen molar-refractivity contribution in [1.29, 1.82) is 0 Å². The summed E-state index contributed by atoms with van der Waals surface area (Å²) in [6, 6.07) is 4.87. The third kappa shape index (κ3) is 2.87. The maximum absolute atomic E-state index is 11.6. The molecule has 0 bridgehead atoms. The molecule has 2 aromatic rings. The molecular formula is C14H14BrN3O3. The van der Waals surface area contributed by atoms with Crippen molar-refractivity contribution in [2.24, 2.45) is 0 Å². The van der Waals surface area contributed by atoms with Crippen LogP contribution in [0.5, 0.6) is 0 Å². The van der Waals surface area contributed by atoms with E-state index < -0.39 is 4.92 Å². The Morgan fingerprint density at radius 2 is 2.10 bits per heavy atom. The van der Waals surface area contributed by atoms with Gasteiger partial charge in [0.1, 0.15) is 4.47 Å². The SMILES string of the molecule is CC(=O)c1c(C)nn(Cc2cccc([N+](=O)[O-])c2Br)c1C. The first kappa shape index (κ1) is 15.4. The summed E-state index contributed by atoms with van der Waals surface area (Å²) in [7, 11) is 0. The van der Waals surface area contributed by atoms with E-state index >= 15 is 0 Å². The summed E-state index contributed by atoms with van der Waals surface area (Å²) in [4.78, 5) is 22.1. The van der Waals surface area contributed by atoms with Gasteiger partial charge in [0.2, 0.25) is 0 Å². The lowest BCUT2D eigenvalue weighted by molar-refractivity contribution is -0.385. The van der Waals surface area contributed by atoms with Crippen molar-refractivity contribution in [3.8, 4) is 0 Å². The number of hydrogen-bond donors (Lipinski definition) is 0. The molecule has 0 saturated carbocycles. The van der Waals surface area contributed by atoms with Crippen LogP contribution in [-0.2, 0) is 6.54 Å². The number of carbonyl (C=O) groups excluding carboxylic acids is 1. The first-order valence-corrected chi connectivity index (χ1v) is 7.09. The average Bonchev–Trinajstić information content (AvgIpc) is 2.66. The molecule has 0 aliphatic carbocycles. The molecule has 0 fully saturated rings. The minimum Gasteiger partial charge on any atom is -0.294 e. The van der Waals surface area contributed by atoms with Crippen molar-refractivity contribution in [3.63, 3.8) is 0 Å². The van der Waals surface area contributed by atoms with E-state index in [1.807, 2.05) is 6.92 Å². The van der Waals surface area contributed by atoms with E-state index in [9.17, 15) is 14.9 Å². The molecule has 21 heavy (non-hydrogen) atoms. The molecule has 0 radical (unpaired) electrons. The first-order chi connectivity index (χ1) is 9.82. The van der Waals surface area contributed by atoms with E-state index in [4.69, 9.17) is 0 Å². The van der Waals surface area contributed by atoms with Gasteiger partial charge in [0.15, 0.2) is 5.78 Å². The Kier molecular flexibility index (Phi) is 4.22. The number of benzene rings is 1. The Morgan fingerprint density at radius 3 is 2.62 bits per heavy atom. The normalized spacial score (nSPS) is 10.7. The third-order valence-corrected chi connectivity index (χ3v) is 4.22. The topological polar surface area (TPSA) is 78.0 Å². The molecule has 1 aromatic heterocycles. The summed E-state index contributed by atoms with van der Waals surface area (Å²) in [6.45, 7) is 5.47. The van der Waals surface area contributed by atoms with Crippen LogP contribution in [0.1, 0.15) is 34.2 Å². The van der Waals surface area contributed by atoms with Gasteiger partial charge < -0.3 is 0 Å². The number of halogens is 1. The van der Waals surface area contributed by atoms with E-state index in [1.165, 1.54) is 13.0 Å². The molecule has 0 atom stereocenters. The fourth-order valence-corrected chi connectivity index (χ4v) is 2.89. The van der Waals surface area contributed by atoms with Crippen LogP contribution in [0.3, 0.4) is 0 Å². The molecule has 110 valence electrons. The number of carbonyl (C=O) groups is 1. The van der Waals surface area contributed by atoms with Crippen molar-refractivity contribution in [2.45, 2.75) is 27.3 Å². The van der Waals surface area contributed by atoms with Gasteiger partial charge in [0.25, 0.3) is 5.69 Å². The second-order valence-electron chi connectivity index (χ2n) is 4.77. The quantitative estimate of drug-likeness (QED) is 0.480. The van der Waals surface area contributed by atoms with E-state index in [1.54, 1.807) is 23.7 Å². The van der Waals surface area contributed by atoms with E-state index in [2.05, 4.69) is 21.0 Å². The number of ketones is 1. The van der Waals surface area contributed by atoms with Gasteiger partial charge in [-0.1, -0.05) is 12.1 Å². The number of aromatic nitrogens is 2. The van der Waals surface area contributed by atoms with Crippen molar-refractivity contribution >= 4 is 27.4 Å². The molecular weight excluding hydrogens is 338 g/mol. The van der Waals surface area contributed by atoms with Gasteiger partial charge in [-0.2, -0.15) is 5.10 Å². The standard InChI is InChI=1S/C14H14BrN3O3/c1-8-13(10(3)19)9(2)17(16-8)7-11-5-4-6-12(14(11)15)18(20)21/h4-6H,7H2,1-3H3. The predicted octanol–water partition coefficient (Wildman–Crippen LogP) is 3.42. The largest absolute Gasteiger partial charge is 0.294 e. The number of Topliss-reactive ketones (excluding diaryl/α,β-unsaturated/α-hetero) is 1. The smallest absolute Gasteiger partial charge is 0.283 e. The fraction of sp³-hybridized carbons (Fsp3) is 0.286. The molecule has 0 amide bonds. The van der Waals surface area contributed by atoms with Gasteiger partial charge in [0.05, 0.1) is 22.7 Å². The van der Waals surface area contributed by atoms with Gasteiger partial charge >= 0.3 is 0 Å². The van der Waals surface area contributed by atoms with Crippen molar-refractivity contribution in [1.82, 2.24) is 9.78 Å². The zero-order valence-electron chi connectivity index (χ0n) is 11.9. The lowest BCUT2D eigenvalue weighted by Crippen LogP contribution is -2.06. The molecule has 0 spiro atoms. The molecule has 0 aliphatic rings. The van der Waals surface area contributed by atoms with Crippen LogP contribution < -0.4 is 0 Å². The van der Waals surface area contributed by atoms with Crippen molar-refractivity contribution in [3.05, 3.63) is 55.3 Å². The zero-order chi connectivity index (χ0) is 15.7. The summed E-state index contributed by atoms with van der Waals surface area (Å²) in [6.07, 6.45) is 0. The summed E-state index contributed by atoms with van der Waals surface area (Å²) in [5, 5.41) is 15.3. The molecule has 0 N–H and O–H groups in total. The number of rotatable bonds is 4. The average molecular weight is 352 g/mol. The minimum absolute atomic E-state index is 0.0147. The van der Waals surface area contributed by atoms with E-state index in [0.717, 1.165) is 11.3 Å². The number of aryl methyl sites for hydroxylation is 1. The predicted molar refractivity (Wildman–Crippen MR) is 81.6 cm³/mol. The number of nitro groups is 1. The third-order valence-electron chi connectivity index (χ3n) is 3.31. The Labute approximate surface area is 130 Å². The van der Waals surface area contributed by atoms with Gasteiger partial charge in [-0.25, -0.2) is 0 Å². The van der Waals surface area contributed by atoms with Crippen LogP contribution in [-0.4, -0.2) is 20.5 Å². The molecule has 0 saturated heterocycles. The van der Waals surface area contributed by atoms with Crippen LogP contribution in [0.15, 0.2) is 22.7 Å². The number of hydrogen-bond acceptors (Lipinski definition) is 4. The summed E-state index contributed by atoms with van der Waals surface area (Å²) >= 11 is 3.27. The van der Waals surface area contributed by atoms with Crippen LogP contribution in [0.25, 0.3) is 0 Å². The minimum atomic E-state index is -0.435. The molecule has 6 nitrogen and oxygen atoms in total. The number of nitro benzene ring substituents is 1. The maximum Gasteiger partial charge on any atom is 0.283 e. The molecule has 1 aromatic carbocycles. The Morgan fingerprint density at radius 1 is 1.43 bits per heavy atom. The lowest BCUT2D eigenvalue weighted by atomic mass is 10.1. The van der Waals surface area contributed by atoms with Crippen LogP contribution >= 0.6 is 15.9 Å². The second kappa shape index (κ2) is 5.77. The highest BCUT2D eigenvalue weighted by Gasteiger charge is 2.18. The summed E-state index contributed by atoms with van der Waals surface area (Å²) < 4.78 is 2.13. The van der Waals surface area contributed by atoms with Gasteiger partial charge in [-0.05, 0) is 42.3 Å². The highest BCUT2D eigenvalue weighted by Crippen LogP contribution is 2.29. The van der Waals surface area contributed by atoms with E-state index in [0.29, 0.717) is 22.3 Å². The molecule has 0 aliphatic heterocycles. The van der Waals surface area contributed by atoms with Crippen LogP contribution in [0.2, 0.25) is 0 Å². The number of nitrogens with zero attached hydrogens (tertiary/aromatic N) is 3. The van der Waals surface area contributed by atoms with Gasteiger partial charge in [0, 0.05) is 11.8 Å². The fourth-order valence-electron chi connectivity index (χ4n) is 2.35. The highest BCUT2D eigenvalue weighted by atomic mass is 79.9. The molecule has 0 unspecified atom stereocenters. The van der Waals surface area contributed by atoms with Crippen LogP contribution in [0.4, 0.5) is 5.69 Å². The molecule has 1 heterocycles. The highest BCUT2D eigenvalue weighted by molar-refractivity contribution is 9.10. The molecule has 7 heteroatoms. The summed E-state index contributed by atoms with van der Waals surface area (Å²) in [5.41, 5.74) is 2.79. The zero-order valence-corrected chi connectivity index (χ0v) is 13.5. The maximum atomic E-state index is 11.6. The first-order valence-electron chi connectivity index (χ1n) is 6.29. The summed E-state index contributed by atoms with van der Waals surface area (Å²) in [5.74, 6) is -0.0330. The molecule has 2 rings (SSSR count). The lowest BCUT2D eigenvalue weighted by Gasteiger charge is -2.07. The van der Waals surface area contributed by atoms with Crippen molar-refractivity contribution < 1.29 is 9.72 Å². The Balaban J connectivity index is 2.44. The second-order valence-corrected chi connectivity index (χ2v) is 5.56. The van der Waals surface area contributed by atoms with Crippen molar-refractivity contribution in [2.75, 3.05) is 0 Å².